The van der Waals surface area contributed by atoms with Gasteiger partial charge in [-0.25, -0.2) is 9.87 Å². The molecule has 5 nitrogen and oxygen atoms in total. The Morgan fingerprint density at radius 2 is 2.26 bits per heavy atom. The molecule has 3 rings (SSSR count). The predicted octanol–water partition coefficient (Wildman–Crippen LogP) is 1.82. The number of rotatable bonds is 5. The summed E-state index contributed by atoms with van der Waals surface area (Å²) >= 11 is 0. The van der Waals surface area contributed by atoms with Crippen molar-refractivity contribution in [2.24, 2.45) is 11.7 Å². The van der Waals surface area contributed by atoms with Crippen LogP contribution in [0.4, 0.5) is 4.39 Å². The van der Waals surface area contributed by atoms with Crippen LogP contribution in [-0.2, 0) is 13.0 Å². The second kappa shape index (κ2) is 6.95. The van der Waals surface area contributed by atoms with E-state index in [1.165, 1.54) is 18.9 Å². The van der Waals surface area contributed by atoms with Crippen molar-refractivity contribution in [2.75, 3.05) is 13.1 Å². The molecule has 1 amide bonds. The van der Waals surface area contributed by atoms with Crippen LogP contribution in [0.1, 0.15) is 47.2 Å². The Kier molecular flexibility index (Phi) is 4.94. The number of carbonyl (C=O) groups excluding carboxylic acids is 1. The van der Waals surface area contributed by atoms with E-state index >= 15 is 0 Å². The highest BCUT2D eigenvalue weighted by Crippen LogP contribution is 2.38. The highest BCUT2D eigenvalue weighted by molar-refractivity contribution is 5.93. The van der Waals surface area contributed by atoms with Crippen LogP contribution in [0.15, 0.2) is 12.1 Å². The number of hydrogen-bond donors (Lipinski definition) is 3. The van der Waals surface area contributed by atoms with Gasteiger partial charge in [0.1, 0.15) is 5.82 Å². The molecule has 1 fully saturated rings. The zero-order chi connectivity index (χ0) is 16.4. The lowest BCUT2D eigenvalue weighted by Gasteiger charge is -2.46. The van der Waals surface area contributed by atoms with Gasteiger partial charge < -0.3 is 5.73 Å². The molecule has 1 aromatic carbocycles. The van der Waals surface area contributed by atoms with Crippen LogP contribution in [-0.4, -0.2) is 35.1 Å². The number of nitrogens with two attached hydrogens (primary N) is 1. The summed E-state index contributed by atoms with van der Waals surface area (Å²) in [5.41, 5.74) is 8.89. The van der Waals surface area contributed by atoms with E-state index < -0.39 is 5.91 Å². The molecule has 6 heteroatoms. The SMILES string of the molecule is NCCCC1CCC1N1CCc2cc(C(=O)NO)cc(F)c2C1. The Morgan fingerprint density at radius 3 is 2.91 bits per heavy atom. The summed E-state index contributed by atoms with van der Waals surface area (Å²) < 4.78 is 14.4. The van der Waals surface area contributed by atoms with Gasteiger partial charge in [-0.3, -0.25) is 14.9 Å². The van der Waals surface area contributed by atoms with Gasteiger partial charge >= 0.3 is 0 Å². The quantitative estimate of drug-likeness (QED) is 0.571. The molecule has 1 saturated carbocycles. The Hall–Kier alpha value is -1.50. The van der Waals surface area contributed by atoms with Crippen molar-refractivity contribution in [3.8, 4) is 0 Å². The zero-order valence-corrected chi connectivity index (χ0v) is 13.2. The van der Waals surface area contributed by atoms with Gasteiger partial charge in [-0.2, -0.15) is 0 Å². The Bertz CT molecular complexity index is 593. The first-order chi connectivity index (χ1) is 11.1. The Balaban J connectivity index is 1.72. The minimum absolute atomic E-state index is 0.168. The second-order valence-corrected chi connectivity index (χ2v) is 6.59. The fourth-order valence-corrected chi connectivity index (χ4v) is 3.87. The number of carbonyl (C=O) groups is 1. The van der Waals surface area contributed by atoms with Crippen molar-refractivity contribution in [1.29, 1.82) is 0 Å². The summed E-state index contributed by atoms with van der Waals surface area (Å²) in [6.45, 7) is 2.22. The maximum absolute atomic E-state index is 14.4. The predicted molar refractivity (Wildman–Crippen MR) is 84.6 cm³/mol. The number of benzene rings is 1. The molecule has 1 aliphatic heterocycles. The lowest BCUT2D eigenvalue weighted by Crippen LogP contribution is -2.49. The van der Waals surface area contributed by atoms with Crippen LogP contribution in [0.5, 0.6) is 0 Å². The van der Waals surface area contributed by atoms with Gasteiger partial charge in [0, 0.05) is 30.3 Å². The summed E-state index contributed by atoms with van der Waals surface area (Å²) in [5, 5.41) is 8.70. The van der Waals surface area contributed by atoms with Gasteiger partial charge in [0.15, 0.2) is 0 Å². The van der Waals surface area contributed by atoms with E-state index in [-0.39, 0.29) is 11.4 Å². The summed E-state index contributed by atoms with van der Waals surface area (Å²) in [5.74, 6) is -0.346. The monoisotopic (exact) mass is 321 g/mol. The summed E-state index contributed by atoms with van der Waals surface area (Å²) in [6.07, 6.45) is 5.37. The molecule has 0 saturated heterocycles. The normalized spacial score (nSPS) is 24.0. The Morgan fingerprint density at radius 1 is 1.43 bits per heavy atom. The highest BCUT2D eigenvalue weighted by atomic mass is 19.1. The van der Waals surface area contributed by atoms with Crippen molar-refractivity contribution in [2.45, 2.75) is 44.7 Å². The van der Waals surface area contributed by atoms with E-state index in [4.69, 9.17) is 10.9 Å². The lowest BCUT2D eigenvalue weighted by molar-refractivity contribution is 0.0448. The molecule has 2 unspecified atom stereocenters. The standard InChI is InChI=1S/C17H24FN3O2/c18-15-9-13(17(22)20-23)8-12-5-7-21(10-14(12)15)16-4-3-11(16)2-1-6-19/h8-9,11,16,23H,1-7,10,19H2,(H,20,22). The molecule has 0 spiro atoms. The fraction of sp³-hybridized carbons (Fsp3) is 0.588. The van der Waals surface area contributed by atoms with Gasteiger partial charge in [-0.15, -0.1) is 0 Å². The van der Waals surface area contributed by atoms with E-state index in [0.717, 1.165) is 37.9 Å². The van der Waals surface area contributed by atoms with Crippen LogP contribution in [0.25, 0.3) is 0 Å². The first kappa shape index (κ1) is 16.4. The molecule has 2 atom stereocenters. The molecule has 2 aliphatic rings. The van der Waals surface area contributed by atoms with Crippen molar-refractivity contribution in [3.63, 3.8) is 0 Å². The molecule has 1 aromatic rings. The molecule has 1 heterocycles. The van der Waals surface area contributed by atoms with E-state index in [1.807, 2.05) is 0 Å². The first-order valence-electron chi connectivity index (χ1n) is 8.34. The van der Waals surface area contributed by atoms with Crippen LogP contribution in [0.2, 0.25) is 0 Å². The zero-order valence-electron chi connectivity index (χ0n) is 13.2. The number of fused-ring (bicyclic) bond motifs is 1. The van der Waals surface area contributed by atoms with Crippen LogP contribution < -0.4 is 11.2 Å². The summed E-state index contributed by atoms with van der Waals surface area (Å²) in [6, 6.07) is 3.43. The summed E-state index contributed by atoms with van der Waals surface area (Å²) in [7, 11) is 0. The molecule has 0 radical (unpaired) electrons. The average molecular weight is 321 g/mol. The van der Waals surface area contributed by atoms with E-state index in [1.54, 1.807) is 11.5 Å². The minimum atomic E-state index is -0.671. The van der Waals surface area contributed by atoms with Crippen LogP contribution in [0.3, 0.4) is 0 Å². The van der Waals surface area contributed by atoms with Crippen molar-refractivity contribution in [1.82, 2.24) is 10.4 Å². The van der Waals surface area contributed by atoms with Gasteiger partial charge in [0.05, 0.1) is 0 Å². The van der Waals surface area contributed by atoms with E-state index in [9.17, 15) is 9.18 Å². The third kappa shape index (κ3) is 3.24. The number of halogens is 1. The summed E-state index contributed by atoms with van der Waals surface area (Å²) in [4.78, 5) is 13.9. The lowest BCUT2D eigenvalue weighted by atomic mass is 9.75. The Labute approximate surface area is 135 Å². The molecule has 0 bridgehead atoms. The average Bonchev–Trinajstić information content (AvgIpc) is 2.53. The van der Waals surface area contributed by atoms with E-state index in [0.29, 0.717) is 24.1 Å². The molecule has 1 aliphatic carbocycles. The number of hydroxylamine groups is 1. The molecule has 4 N–H and O–H groups in total. The largest absolute Gasteiger partial charge is 0.330 e. The second-order valence-electron chi connectivity index (χ2n) is 6.59. The minimum Gasteiger partial charge on any atom is -0.330 e. The van der Waals surface area contributed by atoms with Gasteiger partial charge in [0.2, 0.25) is 0 Å². The molecular formula is C17H24FN3O2. The van der Waals surface area contributed by atoms with Gasteiger partial charge in [-0.05, 0) is 62.3 Å². The van der Waals surface area contributed by atoms with Gasteiger partial charge in [-0.1, -0.05) is 0 Å². The van der Waals surface area contributed by atoms with Crippen LogP contribution >= 0.6 is 0 Å². The van der Waals surface area contributed by atoms with Crippen molar-refractivity contribution >= 4 is 5.91 Å². The number of nitrogens with one attached hydrogen (secondary N) is 1. The molecular weight excluding hydrogens is 297 g/mol. The molecule has 0 aromatic heterocycles. The first-order valence-corrected chi connectivity index (χ1v) is 8.34. The van der Waals surface area contributed by atoms with Crippen LogP contribution in [0, 0.1) is 11.7 Å². The smallest absolute Gasteiger partial charge is 0.274 e. The fourth-order valence-electron chi connectivity index (χ4n) is 3.87. The third-order valence-electron chi connectivity index (χ3n) is 5.31. The maximum atomic E-state index is 14.4. The molecule has 23 heavy (non-hydrogen) atoms. The highest BCUT2D eigenvalue weighted by Gasteiger charge is 2.36. The number of nitrogens with zero attached hydrogens (tertiary/aromatic N) is 1. The number of hydrogen-bond acceptors (Lipinski definition) is 4. The van der Waals surface area contributed by atoms with E-state index in [2.05, 4.69) is 4.90 Å². The number of amides is 1. The van der Waals surface area contributed by atoms with Gasteiger partial charge in [0.25, 0.3) is 5.91 Å². The topological polar surface area (TPSA) is 78.6 Å². The van der Waals surface area contributed by atoms with Crippen molar-refractivity contribution in [3.05, 3.63) is 34.6 Å². The third-order valence-corrected chi connectivity index (χ3v) is 5.31. The maximum Gasteiger partial charge on any atom is 0.274 e. The van der Waals surface area contributed by atoms with Crippen molar-refractivity contribution < 1.29 is 14.4 Å². The molecule has 126 valence electrons.